The van der Waals surface area contributed by atoms with Gasteiger partial charge in [-0.3, -0.25) is 0 Å². The fourth-order valence-corrected chi connectivity index (χ4v) is 2.21. The highest BCUT2D eigenvalue weighted by atomic mass is 35.5. The number of benzene rings is 2. The van der Waals surface area contributed by atoms with Crippen molar-refractivity contribution in [2.75, 3.05) is 13.1 Å². The molecular weight excluding hydrogens is 293 g/mol. The summed E-state index contributed by atoms with van der Waals surface area (Å²) in [6.07, 6.45) is 0.0296. The third-order valence-electron chi connectivity index (χ3n) is 3.24. The number of nitrogens with one attached hydrogen (secondary N) is 1. The molecule has 3 nitrogen and oxygen atoms in total. The molecule has 21 heavy (non-hydrogen) atoms. The standard InChI is InChI=1S/C16H15ClFNO2/c17-12-6-14(18)16(15(7-12)21-13-8-19-9-13)20-10-11-4-2-1-3-5-11/h1-7,13,19H,8-10H2. The third-order valence-corrected chi connectivity index (χ3v) is 3.46. The van der Waals surface area contributed by atoms with E-state index >= 15 is 0 Å². The van der Waals surface area contributed by atoms with Crippen LogP contribution >= 0.6 is 11.6 Å². The molecule has 5 heteroatoms. The number of halogens is 2. The Kier molecular flexibility index (Phi) is 4.27. The second-order valence-electron chi connectivity index (χ2n) is 4.89. The van der Waals surface area contributed by atoms with Gasteiger partial charge in [-0.1, -0.05) is 41.9 Å². The smallest absolute Gasteiger partial charge is 0.197 e. The highest BCUT2D eigenvalue weighted by molar-refractivity contribution is 6.30. The first-order valence-electron chi connectivity index (χ1n) is 6.75. The quantitative estimate of drug-likeness (QED) is 0.918. The Morgan fingerprint density at radius 3 is 2.62 bits per heavy atom. The maximum absolute atomic E-state index is 14.1. The molecule has 3 rings (SSSR count). The molecule has 1 fully saturated rings. The zero-order valence-electron chi connectivity index (χ0n) is 11.3. The number of hydrogen-bond donors (Lipinski definition) is 1. The molecule has 1 saturated heterocycles. The number of rotatable bonds is 5. The summed E-state index contributed by atoms with van der Waals surface area (Å²) in [6, 6.07) is 12.4. The van der Waals surface area contributed by atoms with Gasteiger partial charge in [0.2, 0.25) is 0 Å². The van der Waals surface area contributed by atoms with Crippen LogP contribution < -0.4 is 14.8 Å². The van der Waals surface area contributed by atoms with Gasteiger partial charge >= 0.3 is 0 Å². The van der Waals surface area contributed by atoms with E-state index in [1.807, 2.05) is 30.3 Å². The molecule has 0 bridgehead atoms. The summed E-state index contributed by atoms with van der Waals surface area (Å²) < 4.78 is 25.4. The summed E-state index contributed by atoms with van der Waals surface area (Å²) in [5, 5.41) is 3.39. The third kappa shape index (κ3) is 3.46. The summed E-state index contributed by atoms with van der Waals surface area (Å²) in [6.45, 7) is 1.76. The highest BCUT2D eigenvalue weighted by Crippen LogP contribution is 2.35. The van der Waals surface area contributed by atoms with Crippen molar-refractivity contribution in [2.24, 2.45) is 0 Å². The molecule has 1 aliphatic rings. The number of hydrogen-bond acceptors (Lipinski definition) is 3. The predicted octanol–water partition coefficient (Wildman–Crippen LogP) is 3.41. The van der Waals surface area contributed by atoms with Gasteiger partial charge in [-0.15, -0.1) is 0 Å². The van der Waals surface area contributed by atoms with E-state index in [0.717, 1.165) is 18.7 Å². The lowest BCUT2D eigenvalue weighted by Gasteiger charge is -2.28. The Morgan fingerprint density at radius 2 is 1.95 bits per heavy atom. The molecule has 0 unspecified atom stereocenters. The second kappa shape index (κ2) is 6.33. The largest absolute Gasteiger partial charge is 0.484 e. The van der Waals surface area contributed by atoms with Gasteiger partial charge in [0.05, 0.1) is 0 Å². The lowest BCUT2D eigenvalue weighted by molar-refractivity contribution is 0.133. The van der Waals surface area contributed by atoms with Gasteiger partial charge in [-0.2, -0.15) is 0 Å². The monoisotopic (exact) mass is 307 g/mol. The van der Waals surface area contributed by atoms with Crippen molar-refractivity contribution in [3.05, 3.63) is 58.9 Å². The molecule has 0 amide bonds. The summed E-state index contributed by atoms with van der Waals surface area (Å²) in [4.78, 5) is 0. The summed E-state index contributed by atoms with van der Waals surface area (Å²) in [7, 11) is 0. The first kappa shape index (κ1) is 14.2. The molecule has 1 heterocycles. The van der Waals surface area contributed by atoms with Crippen molar-refractivity contribution >= 4 is 11.6 Å². The van der Waals surface area contributed by atoms with Gasteiger partial charge in [0.1, 0.15) is 12.7 Å². The van der Waals surface area contributed by atoms with E-state index in [-0.39, 0.29) is 18.5 Å². The van der Waals surface area contributed by atoms with Crippen molar-refractivity contribution in [1.82, 2.24) is 5.32 Å². The predicted molar refractivity (Wildman–Crippen MR) is 79.5 cm³/mol. The minimum absolute atomic E-state index is 0.0296. The van der Waals surface area contributed by atoms with Gasteiger partial charge in [0.25, 0.3) is 0 Å². The van der Waals surface area contributed by atoms with Crippen LogP contribution in [0.25, 0.3) is 0 Å². The van der Waals surface area contributed by atoms with Crippen LogP contribution in [-0.2, 0) is 6.61 Å². The van der Waals surface area contributed by atoms with Crippen LogP contribution in [0.15, 0.2) is 42.5 Å². The van der Waals surface area contributed by atoms with Crippen LogP contribution in [0.2, 0.25) is 5.02 Å². The van der Waals surface area contributed by atoms with Crippen molar-refractivity contribution in [2.45, 2.75) is 12.7 Å². The molecule has 0 spiro atoms. The van der Waals surface area contributed by atoms with Crippen LogP contribution in [0.1, 0.15) is 5.56 Å². The molecule has 0 saturated carbocycles. The zero-order chi connectivity index (χ0) is 14.7. The van der Waals surface area contributed by atoms with Gasteiger partial charge in [0, 0.05) is 24.2 Å². The normalized spacial score (nSPS) is 14.6. The molecule has 0 atom stereocenters. The fraction of sp³-hybridized carbons (Fsp3) is 0.250. The Labute approximate surface area is 127 Å². The Morgan fingerprint density at radius 1 is 1.19 bits per heavy atom. The van der Waals surface area contributed by atoms with Crippen LogP contribution in [0.3, 0.4) is 0 Å². The average Bonchev–Trinajstić information content (AvgIpc) is 2.43. The topological polar surface area (TPSA) is 30.5 Å². The van der Waals surface area contributed by atoms with Gasteiger partial charge in [-0.05, 0) is 11.6 Å². The second-order valence-corrected chi connectivity index (χ2v) is 5.32. The lowest BCUT2D eigenvalue weighted by atomic mass is 10.2. The van der Waals surface area contributed by atoms with E-state index in [4.69, 9.17) is 21.1 Å². The maximum Gasteiger partial charge on any atom is 0.197 e. The van der Waals surface area contributed by atoms with Crippen molar-refractivity contribution in [3.8, 4) is 11.5 Å². The van der Waals surface area contributed by atoms with E-state index in [1.54, 1.807) is 6.07 Å². The van der Waals surface area contributed by atoms with E-state index in [9.17, 15) is 4.39 Å². The molecule has 1 aliphatic heterocycles. The van der Waals surface area contributed by atoms with Crippen LogP contribution in [0, 0.1) is 5.82 Å². The van der Waals surface area contributed by atoms with E-state index in [0.29, 0.717) is 10.8 Å². The molecule has 2 aromatic rings. The summed E-state index contributed by atoms with van der Waals surface area (Å²) >= 11 is 5.89. The van der Waals surface area contributed by atoms with Gasteiger partial charge in [0.15, 0.2) is 17.3 Å². The minimum atomic E-state index is -0.513. The zero-order valence-corrected chi connectivity index (χ0v) is 12.1. The molecule has 0 aliphatic carbocycles. The molecule has 2 aromatic carbocycles. The van der Waals surface area contributed by atoms with Crippen LogP contribution in [0.4, 0.5) is 4.39 Å². The van der Waals surface area contributed by atoms with Gasteiger partial charge < -0.3 is 14.8 Å². The van der Waals surface area contributed by atoms with Gasteiger partial charge in [-0.25, -0.2) is 4.39 Å². The Bertz CT molecular complexity index is 617. The molecular formula is C16H15ClFNO2. The fourth-order valence-electron chi connectivity index (χ4n) is 2.02. The first-order valence-corrected chi connectivity index (χ1v) is 7.13. The Balaban J connectivity index is 1.78. The van der Waals surface area contributed by atoms with Crippen molar-refractivity contribution < 1.29 is 13.9 Å². The number of ether oxygens (including phenoxy) is 2. The van der Waals surface area contributed by atoms with Crippen LogP contribution in [0.5, 0.6) is 11.5 Å². The van der Waals surface area contributed by atoms with Crippen LogP contribution in [-0.4, -0.2) is 19.2 Å². The van der Waals surface area contributed by atoms with E-state index in [2.05, 4.69) is 5.32 Å². The van der Waals surface area contributed by atoms with Crippen molar-refractivity contribution in [1.29, 1.82) is 0 Å². The molecule has 1 N–H and O–H groups in total. The summed E-state index contributed by atoms with van der Waals surface area (Å²) in [5.74, 6) is -0.0571. The Hall–Kier alpha value is -1.78. The molecule has 0 aromatic heterocycles. The summed E-state index contributed by atoms with van der Waals surface area (Å²) in [5.41, 5.74) is 0.961. The average molecular weight is 308 g/mol. The first-order chi connectivity index (χ1) is 10.2. The van der Waals surface area contributed by atoms with E-state index < -0.39 is 5.82 Å². The highest BCUT2D eigenvalue weighted by Gasteiger charge is 2.22. The minimum Gasteiger partial charge on any atom is -0.484 e. The maximum atomic E-state index is 14.1. The SMILES string of the molecule is Fc1cc(Cl)cc(OC2CNC2)c1OCc1ccccc1. The van der Waals surface area contributed by atoms with Crippen molar-refractivity contribution in [3.63, 3.8) is 0 Å². The molecule has 110 valence electrons. The molecule has 0 radical (unpaired) electrons. The lowest BCUT2D eigenvalue weighted by Crippen LogP contribution is -2.50. The van der Waals surface area contributed by atoms with E-state index in [1.165, 1.54) is 6.07 Å².